The number of nitrogens with one attached hydrogen (secondary N) is 1. The highest BCUT2D eigenvalue weighted by atomic mass is 16.5. The standard InChI is InChI=1S/C5H6N2O3/c8-5(9)3-6-4-1-2-10-7-4/h1-2H,3H2,(H,6,7)(H,8,9). The Bertz CT molecular complexity index is 207. The van der Waals surface area contributed by atoms with Crippen molar-refractivity contribution < 1.29 is 14.4 Å². The Morgan fingerprint density at radius 1 is 1.90 bits per heavy atom. The predicted molar refractivity (Wildman–Crippen MR) is 32.6 cm³/mol. The van der Waals surface area contributed by atoms with Gasteiger partial charge in [0, 0.05) is 6.07 Å². The molecular weight excluding hydrogens is 136 g/mol. The lowest BCUT2D eigenvalue weighted by atomic mass is 10.6. The molecule has 2 N–H and O–H groups in total. The van der Waals surface area contributed by atoms with Gasteiger partial charge in [-0.05, 0) is 0 Å². The molecule has 0 spiro atoms. The summed E-state index contributed by atoms with van der Waals surface area (Å²) in [5, 5.41) is 14.1. The van der Waals surface area contributed by atoms with Gasteiger partial charge < -0.3 is 14.9 Å². The molecule has 1 heterocycles. The van der Waals surface area contributed by atoms with Gasteiger partial charge in [0.2, 0.25) is 0 Å². The van der Waals surface area contributed by atoms with Gasteiger partial charge >= 0.3 is 5.97 Å². The first-order valence-corrected chi connectivity index (χ1v) is 2.65. The number of rotatable bonds is 3. The number of aliphatic carboxylic acids is 1. The van der Waals surface area contributed by atoms with E-state index in [1.54, 1.807) is 6.07 Å². The highest BCUT2D eigenvalue weighted by molar-refractivity contribution is 5.72. The van der Waals surface area contributed by atoms with Gasteiger partial charge in [-0.15, -0.1) is 0 Å². The van der Waals surface area contributed by atoms with E-state index in [1.807, 2.05) is 0 Å². The minimum atomic E-state index is -0.928. The lowest BCUT2D eigenvalue weighted by molar-refractivity contribution is -0.134. The molecule has 0 amide bonds. The second kappa shape index (κ2) is 2.86. The molecule has 5 heteroatoms. The first-order valence-electron chi connectivity index (χ1n) is 2.65. The minimum Gasteiger partial charge on any atom is -0.480 e. The third-order valence-electron chi connectivity index (χ3n) is 0.859. The Balaban J connectivity index is 2.35. The molecule has 5 nitrogen and oxygen atoms in total. The molecule has 0 atom stereocenters. The smallest absolute Gasteiger partial charge is 0.322 e. The molecule has 0 aliphatic carbocycles. The predicted octanol–water partition coefficient (Wildman–Crippen LogP) is 0.171. The number of carboxylic acids is 1. The van der Waals surface area contributed by atoms with Crippen LogP contribution in [0.2, 0.25) is 0 Å². The van der Waals surface area contributed by atoms with Gasteiger partial charge in [0.15, 0.2) is 5.82 Å². The number of anilines is 1. The molecule has 10 heavy (non-hydrogen) atoms. The molecule has 54 valence electrons. The van der Waals surface area contributed by atoms with Crippen LogP contribution in [0.3, 0.4) is 0 Å². The van der Waals surface area contributed by atoms with Crippen molar-refractivity contribution in [2.24, 2.45) is 0 Å². The van der Waals surface area contributed by atoms with Crippen LogP contribution in [0.4, 0.5) is 5.82 Å². The van der Waals surface area contributed by atoms with Crippen LogP contribution in [-0.4, -0.2) is 22.8 Å². The molecule has 1 aromatic rings. The first kappa shape index (κ1) is 6.60. The zero-order valence-electron chi connectivity index (χ0n) is 5.07. The topological polar surface area (TPSA) is 75.4 Å². The van der Waals surface area contributed by atoms with Crippen molar-refractivity contribution in [3.63, 3.8) is 0 Å². The lowest BCUT2D eigenvalue weighted by Gasteiger charge is -1.93. The van der Waals surface area contributed by atoms with Gasteiger partial charge in [0.1, 0.15) is 12.8 Å². The van der Waals surface area contributed by atoms with Gasteiger partial charge in [0.05, 0.1) is 0 Å². The van der Waals surface area contributed by atoms with Gasteiger partial charge in [-0.25, -0.2) is 0 Å². The Kier molecular flexibility index (Phi) is 1.89. The largest absolute Gasteiger partial charge is 0.480 e. The molecule has 0 radical (unpaired) electrons. The van der Waals surface area contributed by atoms with E-state index in [0.717, 1.165) is 0 Å². The van der Waals surface area contributed by atoms with Crippen LogP contribution in [0.1, 0.15) is 0 Å². The minimum absolute atomic E-state index is 0.146. The fraction of sp³-hybridized carbons (Fsp3) is 0.200. The monoisotopic (exact) mass is 142 g/mol. The van der Waals surface area contributed by atoms with Crippen LogP contribution >= 0.6 is 0 Å². The van der Waals surface area contributed by atoms with E-state index in [1.165, 1.54) is 6.26 Å². The van der Waals surface area contributed by atoms with Gasteiger partial charge in [-0.3, -0.25) is 4.79 Å². The van der Waals surface area contributed by atoms with Gasteiger partial charge in [0.25, 0.3) is 0 Å². The summed E-state index contributed by atoms with van der Waals surface area (Å²) in [6, 6.07) is 1.54. The van der Waals surface area contributed by atoms with Crippen LogP contribution in [0.15, 0.2) is 16.9 Å². The van der Waals surface area contributed by atoms with Crippen molar-refractivity contribution in [2.75, 3.05) is 11.9 Å². The molecule has 1 rings (SSSR count). The Hall–Kier alpha value is -1.52. The maximum absolute atomic E-state index is 9.97. The Morgan fingerprint density at radius 2 is 2.70 bits per heavy atom. The summed E-state index contributed by atoms with van der Waals surface area (Å²) in [5.41, 5.74) is 0. The van der Waals surface area contributed by atoms with Crippen molar-refractivity contribution >= 4 is 11.8 Å². The van der Waals surface area contributed by atoms with Crippen molar-refractivity contribution in [1.82, 2.24) is 5.16 Å². The van der Waals surface area contributed by atoms with Crippen molar-refractivity contribution in [3.8, 4) is 0 Å². The van der Waals surface area contributed by atoms with Crippen LogP contribution in [0.25, 0.3) is 0 Å². The molecule has 0 aromatic carbocycles. The maximum atomic E-state index is 9.97. The number of hydrogen-bond acceptors (Lipinski definition) is 4. The normalized spacial score (nSPS) is 9.20. The summed E-state index contributed by atoms with van der Waals surface area (Å²) < 4.78 is 4.44. The fourth-order valence-corrected chi connectivity index (χ4v) is 0.470. The van der Waals surface area contributed by atoms with E-state index >= 15 is 0 Å². The number of carboxylic acid groups (broad SMARTS) is 1. The van der Waals surface area contributed by atoms with Crippen LogP contribution in [-0.2, 0) is 4.79 Å². The fourth-order valence-electron chi connectivity index (χ4n) is 0.470. The summed E-state index contributed by atoms with van der Waals surface area (Å²) >= 11 is 0. The average Bonchev–Trinajstić information content (AvgIpc) is 2.34. The molecule has 0 fully saturated rings. The van der Waals surface area contributed by atoms with Crippen LogP contribution in [0.5, 0.6) is 0 Å². The van der Waals surface area contributed by atoms with Gasteiger partial charge in [-0.1, -0.05) is 5.16 Å². The highest BCUT2D eigenvalue weighted by Crippen LogP contribution is 1.98. The summed E-state index contributed by atoms with van der Waals surface area (Å²) in [5.74, 6) is -0.495. The van der Waals surface area contributed by atoms with E-state index in [4.69, 9.17) is 5.11 Å². The summed E-state index contributed by atoms with van der Waals surface area (Å²) in [6.45, 7) is -0.146. The van der Waals surface area contributed by atoms with Crippen molar-refractivity contribution in [2.45, 2.75) is 0 Å². The molecular formula is C5H6N2O3. The number of nitrogens with zero attached hydrogens (tertiary/aromatic N) is 1. The molecule has 0 saturated carbocycles. The highest BCUT2D eigenvalue weighted by Gasteiger charge is 1.97. The third kappa shape index (κ3) is 1.77. The summed E-state index contributed by atoms with van der Waals surface area (Å²) in [6.07, 6.45) is 1.37. The molecule has 0 aliphatic heterocycles. The van der Waals surface area contributed by atoms with E-state index in [2.05, 4.69) is 15.0 Å². The van der Waals surface area contributed by atoms with E-state index in [0.29, 0.717) is 5.82 Å². The van der Waals surface area contributed by atoms with Gasteiger partial charge in [-0.2, -0.15) is 0 Å². The van der Waals surface area contributed by atoms with Crippen LogP contribution in [0, 0.1) is 0 Å². The first-order chi connectivity index (χ1) is 4.79. The Labute approximate surface area is 56.6 Å². The molecule has 0 unspecified atom stereocenters. The SMILES string of the molecule is O=C(O)CNc1ccon1. The van der Waals surface area contributed by atoms with Crippen LogP contribution < -0.4 is 5.32 Å². The third-order valence-corrected chi connectivity index (χ3v) is 0.859. The zero-order chi connectivity index (χ0) is 7.40. The second-order valence-electron chi connectivity index (χ2n) is 1.63. The number of aromatic nitrogens is 1. The average molecular weight is 142 g/mol. The van der Waals surface area contributed by atoms with Crippen molar-refractivity contribution in [1.29, 1.82) is 0 Å². The number of carbonyl (C=O) groups is 1. The molecule has 0 bridgehead atoms. The van der Waals surface area contributed by atoms with Crippen molar-refractivity contribution in [3.05, 3.63) is 12.3 Å². The quantitative estimate of drug-likeness (QED) is 0.629. The molecule has 0 aliphatic rings. The molecule has 0 saturated heterocycles. The zero-order valence-corrected chi connectivity index (χ0v) is 5.07. The van der Waals surface area contributed by atoms with E-state index < -0.39 is 5.97 Å². The second-order valence-corrected chi connectivity index (χ2v) is 1.63. The number of hydrogen-bond donors (Lipinski definition) is 2. The van der Waals surface area contributed by atoms with E-state index in [9.17, 15) is 4.79 Å². The van der Waals surface area contributed by atoms with E-state index in [-0.39, 0.29) is 6.54 Å². The Morgan fingerprint density at radius 3 is 3.20 bits per heavy atom. The lowest BCUT2D eigenvalue weighted by Crippen LogP contribution is -2.12. The summed E-state index contributed by atoms with van der Waals surface area (Å²) in [4.78, 5) is 9.97. The molecule has 1 aromatic heterocycles. The maximum Gasteiger partial charge on any atom is 0.322 e. The summed E-state index contributed by atoms with van der Waals surface area (Å²) in [7, 11) is 0.